The number of carbonyl (C=O) groups excluding carboxylic acids is 1. The lowest BCUT2D eigenvalue weighted by Crippen LogP contribution is -2.40. The van der Waals surface area contributed by atoms with Crippen LogP contribution in [0.5, 0.6) is 0 Å². The molecule has 0 spiro atoms. The Morgan fingerprint density at radius 3 is 2.68 bits per heavy atom. The smallest absolute Gasteiger partial charge is 0.323 e. The molecule has 2 N–H and O–H groups in total. The van der Waals surface area contributed by atoms with E-state index in [2.05, 4.69) is 27.9 Å². The predicted molar refractivity (Wildman–Crippen MR) is 79.3 cm³/mol. The summed E-state index contributed by atoms with van der Waals surface area (Å²) in [6.07, 6.45) is 0. The molecule has 1 rings (SSSR count). The number of hydrogen-bond donors (Lipinski definition) is 2. The number of benzene rings is 1. The molecule has 0 bridgehead atoms. The summed E-state index contributed by atoms with van der Waals surface area (Å²) in [5, 5.41) is 11.5. The Morgan fingerprint density at radius 1 is 1.42 bits per heavy atom. The van der Waals surface area contributed by atoms with E-state index in [0.29, 0.717) is 5.69 Å². The van der Waals surface area contributed by atoms with Crippen molar-refractivity contribution in [1.29, 1.82) is 0 Å². The van der Waals surface area contributed by atoms with E-state index in [9.17, 15) is 9.59 Å². The molecule has 0 aliphatic rings. The van der Waals surface area contributed by atoms with Crippen molar-refractivity contribution in [3.63, 3.8) is 0 Å². The zero-order chi connectivity index (χ0) is 14.3. The molecular formula is C12H15IN2O4. The fourth-order valence-corrected chi connectivity index (χ4v) is 1.90. The summed E-state index contributed by atoms with van der Waals surface area (Å²) < 4.78 is 5.75. The number of para-hydroxylation sites is 1. The number of anilines is 1. The fourth-order valence-electron chi connectivity index (χ4n) is 1.37. The Balaban J connectivity index is 2.70. The Kier molecular flexibility index (Phi) is 6.57. The van der Waals surface area contributed by atoms with Crippen LogP contribution in [0.1, 0.15) is 0 Å². The van der Waals surface area contributed by atoms with Gasteiger partial charge in [0.2, 0.25) is 0 Å². The van der Waals surface area contributed by atoms with E-state index in [1.54, 1.807) is 12.1 Å². The third-order valence-electron chi connectivity index (χ3n) is 2.29. The summed E-state index contributed by atoms with van der Waals surface area (Å²) in [5.74, 6) is -1.06. The summed E-state index contributed by atoms with van der Waals surface area (Å²) in [6, 6.07) is 6.82. The standard InChI is InChI=1S/C12H15IN2O4/c1-19-7-6-15(8-11(16)17)12(18)14-10-5-3-2-4-9(10)13/h2-5H,6-8H2,1H3,(H,14,18)(H,16,17). The van der Waals surface area contributed by atoms with Crippen LogP contribution < -0.4 is 5.32 Å². The van der Waals surface area contributed by atoms with Crippen LogP contribution in [0.4, 0.5) is 10.5 Å². The van der Waals surface area contributed by atoms with E-state index < -0.39 is 12.0 Å². The molecule has 6 nitrogen and oxygen atoms in total. The van der Waals surface area contributed by atoms with Crippen LogP contribution in [0.15, 0.2) is 24.3 Å². The highest BCUT2D eigenvalue weighted by Gasteiger charge is 2.17. The molecule has 0 saturated carbocycles. The van der Waals surface area contributed by atoms with Crippen molar-refractivity contribution in [2.75, 3.05) is 32.1 Å². The maximum Gasteiger partial charge on any atom is 0.323 e. The lowest BCUT2D eigenvalue weighted by molar-refractivity contribution is -0.137. The molecule has 0 unspecified atom stereocenters. The van der Waals surface area contributed by atoms with Crippen molar-refractivity contribution in [3.05, 3.63) is 27.8 Å². The molecule has 0 aliphatic carbocycles. The number of methoxy groups -OCH3 is 1. The van der Waals surface area contributed by atoms with Gasteiger partial charge in [-0.1, -0.05) is 12.1 Å². The number of nitrogens with zero attached hydrogens (tertiary/aromatic N) is 1. The lowest BCUT2D eigenvalue weighted by atomic mass is 10.3. The Bertz CT molecular complexity index is 453. The molecular weight excluding hydrogens is 363 g/mol. The van der Waals surface area contributed by atoms with Gasteiger partial charge in [-0.15, -0.1) is 0 Å². The van der Waals surface area contributed by atoms with Gasteiger partial charge in [0.15, 0.2) is 0 Å². The molecule has 1 aromatic carbocycles. The van der Waals surface area contributed by atoms with Gasteiger partial charge >= 0.3 is 12.0 Å². The number of hydrogen-bond acceptors (Lipinski definition) is 3. The largest absolute Gasteiger partial charge is 0.480 e. The first-order chi connectivity index (χ1) is 9.04. The second-order valence-corrected chi connectivity index (χ2v) is 4.88. The van der Waals surface area contributed by atoms with Gasteiger partial charge in [0.25, 0.3) is 0 Å². The molecule has 0 saturated heterocycles. The first-order valence-corrected chi connectivity index (χ1v) is 6.63. The molecule has 1 aromatic rings. The van der Waals surface area contributed by atoms with E-state index in [1.165, 1.54) is 12.0 Å². The number of nitrogens with one attached hydrogen (secondary N) is 1. The number of aliphatic carboxylic acids is 1. The van der Waals surface area contributed by atoms with Crippen molar-refractivity contribution >= 4 is 40.3 Å². The zero-order valence-corrected chi connectivity index (χ0v) is 12.6. The summed E-state index contributed by atoms with van der Waals surface area (Å²) in [5.41, 5.74) is 0.654. The topological polar surface area (TPSA) is 78.9 Å². The average Bonchev–Trinajstić information content (AvgIpc) is 2.36. The summed E-state index contributed by atoms with van der Waals surface area (Å²) in [7, 11) is 1.50. The van der Waals surface area contributed by atoms with Gasteiger partial charge in [0, 0.05) is 17.2 Å². The first-order valence-electron chi connectivity index (χ1n) is 5.55. The molecule has 0 fully saturated rings. The SMILES string of the molecule is COCCN(CC(=O)O)C(=O)Nc1ccccc1I. The van der Waals surface area contributed by atoms with E-state index in [-0.39, 0.29) is 19.7 Å². The Hall–Kier alpha value is -1.35. The minimum atomic E-state index is -1.06. The van der Waals surface area contributed by atoms with Crippen LogP contribution >= 0.6 is 22.6 Å². The van der Waals surface area contributed by atoms with Gasteiger partial charge in [-0.05, 0) is 34.7 Å². The number of carboxylic acids is 1. The first kappa shape index (κ1) is 15.7. The van der Waals surface area contributed by atoms with E-state index in [1.807, 2.05) is 12.1 Å². The number of urea groups is 1. The van der Waals surface area contributed by atoms with Gasteiger partial charge in [-0.25, -0.2) is 4.79 Å². The number of ether oxygens (including phenoxy) is 1. The summed E-state index contributed by atoms with van der Waals surface area (Å²) >= 11 is 2.10. The van der Waals surface area contributed by atoms with Gasteiger partial charge < -0.3 is 20.1 Å². The van der Waals surface area contributed by atoms with Crippen LogP contribution in [0.25, 0.3) is 0 Å². The van der Waals surface area contributed by atoms with Crippen molar-refractivity contribution in [2.24, 2.45) is 0 Å². The van der Waals surface area contributed by atoms with Crippen LogP contribution in [-0.4, -0.2) is 48.8 Å². The van der Waals surface area contributed by atoms with E-state index in [0.717, 1.165) is 3.57 Å². The third-order valence-corrected chi connectivity index (χ3v) is 3.23. The number of carbonyl (C=O) groups is 2. The van der Waals surface area contributed by atoms with Crippen LogP contribution in [0.2, 0.25) is 0 Å². The van der Waals surface area contributed by atoms with Gasteiger partial charge in [0.1, 0.15) is 6.54 Å². The maximum atomic E-state index is 12.0. The maximum absolute atomic E-state index is 12.0. The van der Waals surface area contributed by atoms with E-state index >= 15 is 0 Å². The molecule has 19 heavy (non-hydrogen) atoms. The Labute approximate surface area is 124 Å². The summed E-state index contributed by atoms with van der Waals surface area (Å²) in [6.45, 7) is 0.142. The molecule has 0 atom stereocenters. The lowest BCUT2D eigenvalue weighted by Gasteiger charge is -2.21. The quantitative estimate of drug-likeness (QED) is 0.741. The number of carboxylic acid groups (broad SMARTS) is 1. The highest BCUT2D eigenvalue weighted by atomic mass is 127. The average molecular weight is 378 g/mol. The molecule has 0 aromatic heterocycles. The van der Waals surface area contributed by atoms with Crippen LogP contribution in [-0.2, 0) is 9.53 Å². The molecule has 0 aliphatic heterocycles. The number of rotatable bonds is 6. The normalized spacial score (nSPS) is 10.0. The molecule has 7 heteroatoms. The minimum Gasteiger partial charge on any atom is -0.480 e. The highest BCUT2D eigenvalue weighted by molar-refractivity contribution is 14.1. The van der Waals surface area contributed by atoms with Crippen molar-refractivity contribution in [2.45, 2.75) is 0 Å². The van der Waals surface area contributed by atoms with Gasteiger partial charge in [-0.2, -0.15) is 0 Å². The van der Waals surface area contributed by atoms with Crippen molar-refractivity contribution < 1.29 is 19.4 Å². The number of amides is 2. The minimum absolute atomic E-state index is 0.220. The van der Waals surface area contributed by atoms with Gasteiger partial charge in [0.05, 0.1) is 12.3 Å². The summed E-state index contributed by atoms with van der Waals surface area (Å²) in [4.78, 5) is 23.9. The Morgan fingerprint density at radius 2 is 2.11 bits per heavy atom. The second-order valence-electron chi connectivity index (χ2n) is 3.72. The fraction of sp³-hybridized carbons (Fsp3) is 0.333. The van der Waals surface area contributed by atoms with E-state index in [4.69, 9.17) is 9.84 Å². The van der Waals surface area contributed by atoms with Crippen molar-refractivity contribution in [1.82, 2.24) is 4.90 Å². The predicted octanol–water partition coefficient (Wildman–Crippen LogP) is 1.86. The monoisotopic (exact) mass is 378 g/mol. The molecule has 0 radical (unpaired) electrons. The number of halogens is 1. The third kappa shape index (κ3) is 5.43. The molecule has 0 heterocycles. The van der Waals surface area contributed by atoms with Gasteiger partial charge in [-0.3, -0.25) is 4.79 Å². The molecule has 104 valence electrons. The van der Waals surface area contributed by atoms with Crippen molar-refractivity contribution in [3.8, 4) is 0 Å². The van der Waals surface area contributed by atoms with Crippen LogP contribution in [0.3, 0.4) is 0 Å². The zero-order valence-electron chi connectivity index (χ0n) is 10.4. The second kappa shape index (κ2) is 7.95. The highest BCUT2D eigenvalue weighted by Crippen LogP contribution is 2.17. The van der Waals surface area contributed by atoms with Crippen LogP contribution in [0, 0.1) is 3.57 Å². The molecule has 2 amide bonds.